The number of hydrogen-bond acceptors (Lipinski definition) is 7. The summed E-state index contributed by atoms with van der Waals surface area (Å²) in [7, 11) is 0. The van der Waals surface area contributed by atoms with Crippen LogP contribution in [-0.4, -0.2) is 31.4 Å². The van der Waals surface area contributed by atoms with E-state index in [1.165, 1.54) is 0 Å². The molecular weight excluding hydrogens is 400 g/mol. The smallest absolute Gasteiger partial charge is 0.373 e. The van der Waals surface area contributed by atoms with Crippen molar-refractivity contribution in [1.82, 2.24) is 0 Å². The highest BCUT2D eigenvalue weighted by molar-refractivity contribution is 5.89. The first-order chi connectivity index (χ1) is 15.1. The molecule has 0 saturated carbocycles. The van der Waals surface area contributed by atoms with Gasteiger partial charge in [-0.1, -0.05) is 45.0 Å². The van der Waals surface area contributed by atoms with Crippen LogP contribution in [0.25, 0.3) is 0 Å². The zero-order valence-electron chi connectivity index (χ0n) is 18.3. The Morgan fingerprint density at radius 3 is 1.55 bits per heavy atom. The molecule has 2 rings (SSSR count). The molecule has 0 N–H and O–H groups in total. The number of carbonyl (C=O) groups excluding carboxylic acids is 2. The Balaban J connectivity index is 1.90. The molecule has 0 radical (unpaired) electrons. The minimum Gasteiger partial charge on any atom is -0.381 e. The maximum atomic E-state index is 12.2. The number of carbonyl (C=O) groups is 2. The fraction of sp³-hybridized carbons (Fsp3) is 0.417. The summed E-state index contributed by atoms with van der Waals surface area (Å²) in [5.74, 6) is -1.35. The zero-order chi connectivity index (χ0) is 22.5. The average Bonchev–Trinajstić information content (AvgIpc) is 2.82. The molecule has 0 aliphatic rings. The predicted molar refractivity (Wildman–Crippen MR) is 114 cm³/mol. The summed E-state index contributed by atoms with van der Waals surface area (Å²) in [5.41, 5.74) is 2.88. The first-order valence-corrected chi connectivity index (χ1v) is 10.6. The lowest BCUT2D eigenvalue weighted by Crippen LogP contribution is -2.24. The quantitative estimate of drug-likeness (QED) is 0.195. The van der Waals surface area contributed by atoms with E-state index < -0.39 is 18.2 Å². The molecule has 0 aromatic heterocycles. The first-order valence-electron chi connectivity index (χ1n) is 10.6. The minimum absolute atomic E-state index is 0.199. The Bertz CT molecular complexity index is 736. The Hall–Kier alpha value is -2.74. The van der Waals surface area contributed by atoms with Crippen LogP contribution in [0.5, 0.6) is 0 Å². The maximum absolute atomic E-state index is 12.2. The highest BCUT2D eigenvalue weighted by atomic mass is 17.3. The van der Waals surface area contributed by atoms with Gasteiger partial charge in [-0.05, 0) is 54.7 Å². The second kappa shape index (κ2) is 13.5. The highest BCUT2D eigenvalue weighted by Crippen LogP contribution is 2.12. The van der Waals surface area contributed by atoms with Crippen molar-refractivity contribution in [3.63, 3.8) is 0 Å². The Morgan fingerprint density at radius 2 is 1.16 bits per heavy atom. The highest BCUT2D eigenvalue weighted by Gasteiger charge is 2.19. The van der Waals surface area contributed by atoms with Crippen LogP contribution in [0.4, 0.5) is 0 Å². The molecule has 2 aromatic carbocycles. The van der Waals surface area contributed by atoms with Crippen molar-refractivity contribution in [3.05, 3.63) is 70.8 Å². The molecule has 168 valence electrons. The molecule has 2 aromatic rings. The van der Waals surface area contributed by atoms with Crippen molar-refractivity contribution in [2.75, 3.05) is 13.2 Å². The Kier molecular flexibility index (Phi) is 10.7. The van der Waals surface area contributed by atoms with Gasteiger partial charge in [0.2, 0.25) is 6.29 Å². The lowest BCUT2D eigenvalue weighted by atomic mass is 10.1. The van der Waals surface area contributed by atoms with Crippen LogP contribution in [0.3, 0.4) is 0 Å². The topological polar surface area (TPSA) is 80.3 Å². The van der Waals surface area contributed by atoms with Gasteiger partial charge >= 0.3 is 11.9 Å². The van der Waals surface area contributed by atoms with Crippen molar-refractivity contribution in [1.29, 1.82) is 0 Å². The van der Waals surface area contributed by atoms with E-state index in [9.17, 15) is 9.59 Å². The van der Waals surface area contributed by atoms with Gasteiger partial charge in [0.25, 0.3) is 0 Å². The van der Waals surface area contributed by atoms with Crippen LogP contribution in [0, 0.1) is 0 Å². The Labute approximate surface area is 183 Å². The number of rotatable bonds is 13. The van der Waals surface area contributed by atoms with Gasteiger partial charge in [-0.15, -0.1) is 9.78 Å². The number of aryl methyl sites for hydroxylation is 2. The second-order valence-electron chi connectivity index (χ2n) is 6.87. The molecule has 0 atom stereocenters. The molecule has 0 spiro atoms. The standard InChI is InChI=1S/C24H30O7/c1-4-16-27-17-15-22(28-30-23(25)20-11-7-18(5-2)8-12-20)29-31-24(26)21-13-9-19(6-3)10-14-21/h7-14,22H,4-6,15-17H2,1-3H3. The molecule has 0 fully saturated rings. The van der Waals surface area contributed by atoms with Gasteiger partial charge in [0.15, 0.2) is 0 Å². The summed E-state index contributed by atoms with van der Waals surface area (Å²) in [6, 6.07) is 14.0. The molecule has 0 aliphatic heterocycles. The van der Waals surface area contributed by atoms with Crippen LogP contribution >= 0.6 is 0 Å². The summed E-state index contributed by atoms with van der Waals surface area (Å²) in [6.07, 6.45) is 1.66. The van der Waals surface area contributed by atoms with E-state index in [0.29, 0.717) is 17.7 Å². The average molecular weight is 430 g/mol. The summed E-state index contributed by atoms with van der Waals surface area (Å²) in [6.45, 7) is 6.89. The molecule has 0 amide bonds. The fourth-order valence-corrected chi connectivity index (χ4v) is 2.58. The van der Waals surface area contributed by atoms with Gasteiger partial charge in [-0.2, -0.15) is 0 Å². The van der Waals surface area contributed by atoms with E-state index in [1.54, 1.807) is 24.3 Å². The third-order valence-corrected chi connectivity index (χ3v) is 4.50. The van der Waals surface area contributed by atoms with Crippen LogP contribution in [0.1, 0.15) is 65.5 Å². The van der Waals surface area contributed by atoms with Gasteiger partial charge in [-0.25, -0.2) is 9.59 Å². The van der Waals surface area contributed by atoms with Gasteiger partial charge in [0.1, 0.15) is 0 Å². The number of benzene rings is 2. The van der Waals surface area contributed by atoms with E-state index in [2.05, 4.69) is 0 Å². The van der Waals surface area contributed by atoms with Gasteiger partial charge in [0, 0.05) is 13.0 Å². The first kappa shape index (κ1) is 24.5. The van der Waals surface area contributed by atoms with E-state index in [4.69, 9.17) is 24.3 Å². The Morgan fingerprint density at radius 1 is 0.710 bits per heavy atom. The second-order valence-corrected chi connectivity index (χ2v) is 6.87. The van der Waals surface area contributed by atoms with Crippen LogP contribution in [0.2, 0.25) is 0 Å². The van der Waals surface area contributed by atoms with E-state index in [-0.39, 0.29) is 13.0 Å². The SMILES string of the molecule is CCCOCCC(OOC(=O)c1ccc(CC)cc1)OOC(=O)c1ccc(CC)cc1. The largest absolute Gasteiger partial charge is 0.381 e. The third-order valence-electron chi connectivity index (χ3n) is 4.50. The van der Waals surface area contributed by atoms with Crippen LogP contribution < -0.4 is 0 Å². The van der Waals surface area contributed by atoms with Crippen molar-refractivity contribution in [2.45, 2.75) is 52.7 Å². The molecule has 7 nitrogen and oxygen atoms in total. The lowest BCUT2D eigenvalue weighted by molar-refractivity contribution is -0.422. The van der Waals surface area contributed by atoms with Gasteiger partial charge < -0.3 is 4.74 Å². The van der Waals surface area contributed by atoms with Crippen LogP contribution in [0.15, 0.2) is 48.5 Å². The monoisotopic (exact) mass is 430 g/mol. The molecule has 0 saturated heterocycles. The summed E-state index contributed by atoms with van der Waals surface area (Å²) < 4.78 is 5.41. The molecule has 0 heterocycles. The van der Waals surface area contributed by atoms with E-state index in [0.717, 1.165) is 30.4 Å². The van der Waals surface area contributed by atoms with Gasteiger partial charge in [-0.3, -0.25) is 9.78 Å². The van der Waals surface area contributed by atoms with Crippen molar-refractivity contribution >= 4 is 11.9 Å². The molecule has 7 heteroatoms. The zero-order valence-corrected chi connectivity index (χ0v) is 18.3. The predicted octanol–water partition coefficient (Wildman–Crippen LogP) is 4.83. The lowest BCUT2D eigenvalue weighted by Gasteiger charge is -2.15. The summed E-state index contributed by atoms with van der Waals surface area (Å²) >= 11 is 0. The van der Waals surface area contributed by atoms with E-state index in [1.807, 2.05) is 45.0 Å². The molecule has 0 bridgehead atoms. The van der Waals surface area contributed by atoms with Crippen LogP contribution in [-0.2, 0) is 37.1 Å². The molecular formula is C24H30O7. The fourth-order valence-electron chi connectivity index (χ4n) is 2.58. The summed E-state index contributed by atoms with van der Waals surface area (Å²) in [4.78, 5) is 44.3. The van der Waals surface area contributed by atoms with Crippen molar-refractivity contribution in [3.8, 4) is 0 Å². The van der Waals surface area contributed by atoms with Crippen molar-refractivity contribution in [2.24, 2.45) is 0 Å². The third kappa shape index (κ3) is 8.49. The molecule has 0 aliphatic carbocycles. The van der Waals surface area contributed by atoms with Crippen molar-refractivity contribution < 1.29 is 33.9 Å². The summed E-state index contributed by atoms with van der Waals surface area (Å²) in [5, 5.41) is 0. The van der Waals surface area contributed by atoms with E-state index >= 15 is 0 Å². The van der Waals surface area contributed by atoms with Gasteiger partial charge in [0.05, 0.1) is 17.7 Å². The maximum Gasteiger partial charge on any atom is 0.373 e. The molecule has 31 heavy (non-hydrogen) atoms. The molecule has 0 unspecified atom stereocenters. The number of hydrogen-bond donors (Lipinski definition) is 0. The minimum atomic E-state index is -1.13. The normalized spacial score (nSPS) is 10.8. The number of ether oxygens (including phenoxy) is 1.